The number of carbonyl (C=O) groups is 1. The summed E-state index contributed by atoms with van der Waals surface area (Å²) in [5.41, 5.74) is 6.63. The number of carbonyl (C=O) groups excluding carboxylic acids is 1. The SMILES string of the molecule is CCCCOCCOc1ccc(-c2ccc3c(c2)/C=C(/C(=O)NC2C=CC(CC(C)/N=C\NCC)=CC2)CCCCN3CC2CCCOC2)cc1. The van der Waals surface area contributed by atoms with Crippen LogP contribution >= 0.6 is 0 Å². The molecule has 2 aliphatic heterocycles. The molecule has 0 bridgehead atoms. The lowest BCUT2D eigenvalue weighted by molar-refractivity contribution is -0.118. The Balaban J connectivity index is 1.31. The molecule has 1 amide bonds. The Labute approximate surface area is 306 Å². The number of ether oxygens (including phenoxy) is 3. The molecule has 0 radical (unpaired) electrons. The number of benzene rings is 2. The summed E-state index contributed by atoms with van der Waals surface area (Å²) in [4.78, 5) is 21.0. The van der Waals surface area contributed by atoms with Gasteiger partial charge in [0.15, 0.2) is 0 Å². The molecule has 3 unspecified atom stereocenters. The van der Waals surface area contributed by atoms with Gasteiger partial charge in [0.05, 0.1) is 31.6 Å². The number of nitrogens with one attached hydrogen (secondary N) is 2. The molecule has 1 saturated heterocycles. The first-order valence-corrected chi connectivity index (χ1v) is 19.4. The van der Waals surface area contributed by atoms with Gasteiger partial charge in [0.25, 0.3) is 0 Å². The van der Waals surface area contributed by atoms with Crippen LogP contribution in [0.15, 0.2) is 76.8 Å². The van der Waals surface area contributed by atoms with Gasteiger partial charge in [-0.1, -0.05) is 55.3 Å². The van der Waals surface area contributed by atoms with Crippen LogP contribution in [0.5, 0.6) is 5.75 Å². The molecule has 2 aromatic carbocycles. The second-order valence-electron chi connectivity index (χ2n) is 14.1. The molecule has 1 fully saturated rings. The Kier molecular flexibility index (Phi) is 15.7. The molecule has 8 heteroatoms. The molecular weight excluding hydrogens is 636 g/mol. The minimum absolute atomic E-state index is 0.0208. The molecule has 0 spiro atoms. The van der Waals surface area contributed by atoms with Crippen LogP contribution in [0.2, 0.25) is 0 Å². The molecule has 0 saturated carbocycles. The zero-order chi connectivity index (χ0) is 35.7. The van der Waals surface area contributed by atoms with E-state index in [1.54, 1.807) is 6.34 Å². The Hall–Kier alpha value is -3.88. The Morgan fingerprint density at radius 2 is 1.94 bits per heavy atom. The average Bonchev–Trinajstić information content (AvgIpc) is 3.23. The van der Waals surface area contributed by atoms with Crippen molar-refractivity contribution in [2.75, 3.05) is 57.6 Å². The van der Waals surface area contributed by atoms with E-state index in [0.717, 1.165) is 119 Å². The molecule has 3 aliphatic rings. The molecule has 2 heterocycles. The number of rotatable bonds is 17. The third-order valence-corrected chi connectivity index (χ3v) is 9.82. The third kappa shape index (κ3) is 12.4. The van der Waals surface area contributed by atoms with Crippen molar-refractivity contribution in [3.63, 3.8) is 0 Å². The number of unbranched alkanes of at least 4 members (excludes halogenated alkanes) is 1. The summed E-state index contributed by atoms with van der Waals surface area (Å²) in [6, 6.07) is 15.2. The molecule has 1 aliphatic carbocycles. The maximum atomic E-state index is 13.9. The second kappa shape index (κ2) is 20.8. The molecule has 0 aromatic heterocycles. The number of hydrogen-bond acceptors (Lipinski definition) is 6. The van der Waals surface area contributed by atoms with E-state index in [0.29, 0.717) is 19.1 Å². The quantitative estimate of drug-likeness (QED) is 0.0988. The lowest BCUT2D eigenvalue weighted by Crippen LogP contribution is -2.35. The Bertz CT molecular complexity index is 1490. The zero-order valence-corrected chi connectivity index (χ0v) is 31.2. The minimum atomic E-state index is -0.0208. The first kappa shape index (κ1) is 38.4. The normalized spacial score (nSPS) is 21.0. The summed E-state index contributed by atoms with van der Waals surface area (Å²) in [5, 5.41) is 6.48. The third-order valence-electron chi connectivity index (χ3n) is 9.82. The monoisotopic (exact) mass is 696 g/mol. The van der Waals surface area contributed by atoms with Crippen molar-refractivity contribution in [3.8, 4) is 16.9 Å². The van der Waals surface area contributed by atoms with Gasteiger partial charge in [-0.25, -0.2) is 0 Å². The molecular formula is C43H60N4O4. The van der Waals surface area contributed by atoms with E-state index in [4.69, 9.17) is 14.2 Å². The predicted molar refractivity (Wildman–Crippen MR) is 211 cm³/mol. The lowest BCUT2D eigenvalue weighted by Gasteiger charge is -2.32. The van der Waals surface area contributed by atoms with Gasteiger partial charge in [0.2, 0.25) is 5.91 Å². The summed E-state index contributed by atoms with van der Waals surface area (Å²) < 4.78 is 17.4. The van der Waals surface area contributed by atoms with E-state index in [1.165, 1.54) is 17.7 Å². The highest BCUT2D eigenvalue weighted by atomic mass is 16.5. The van der Waals surface area contributed by atoms with Crippen molar-refractivity contribution >= 4 is 24.0 Å². The zero-order valence-electron chi connectivity index (χ0n) is 31.2. The van der Waals surface area contributed by atoms with Crippen LogP contribution in [0.3, 0.4) is 0 Å². The van der Waals surface area contributed by atoms with Gasteiger partial charge < -0.3 is 29.7 Å². The summed E-state index contributed by atoms with van der Waals surface area (Å²) in [7, 11) is 0. The van der Waals surface area contributed by atoms with Crippen molar-refractivity contribution in [3.05, 3.63) is 77.4 Å². The number of hydrogen-bond donors (Lipinski definition) is 2. The van der Waals surface area contributed by atoms with Crippen LogP contribution in [-0.4, -0.2) is 77.0 Å². The van der Waals surface area contributed by atoms with Crippen LogP contribution in [-0.2, 0) is 14.3 Å². The molecule has 3 atom stereocenters. The largest absolute Gasteiger partial charge is 0.491 e. The topological polar surface area (TPSA) is 84.4 Å². The standard InChI is InChI=1S/C43H60N4O4/c1-4-6-23-49-25-26-51-41-19-14-36(15-20-41)37-16-21-42-39(28-37)29-38(11-7-8-22-47(42)30-35-10-9-24-50-31-35)43(48)46-40-17-12-34(13-18-40)27-33(3)45-32-44-5-2/h12-17,19-21,28-29,32-33,35,40H,4-11,18,22-27,30-31H2,1-3H3,(H,44,45)(H,46,48)/b38-29+. The van der Waals surface area contributed by atoms with E-state index in [-0.39, 0.29) is 18.0 Å². The number of allylic oxidation sites excluding steroid dienone is 1. The first-order valence-electron chi connectivity index (χ1n) is 19.4. The van der Waals surface area contributed by atoms with Crippen molar-refractivity contribution in [1.82, 2.24) is 10.6 Å². The lowest BCUT2D eigenvalue weighted by atomic mass is 9.96. The molecule has 8 nitrogen and oxygen atoms in total. The summed E-state index contributed by atoms with van der Waals surface area (Å²) in [6.45, 7) is 12.8. The maximum absolute atomic E-state index is 13.9. The Morgan fingerprint density at radius 1 is 1.08 bits per heavy atom. The van der Waals surface area contributed by atoms with Gasteiger partial charge in [-0.05, 0) is 118 Å². The number of anilines is 1. The fourth-order valence-electron chi connectivity index (χ4n) is 6.93. The van der Waals surface area contributed by atoms with E-state index in [9.17, 15) is 4.79 Å². The number of fused-ring (bicyclic) bond motifs is 1. The van der Waals surface area contributed by atoms with E-state index in [2.05, 4.69) is 95.9 Å². The van der Waals surface area contributed by atoms with Crippen molar-refractivity contribution in [2.24, 2.45) is 10.9 Å². The van der Waals surface area contributed by atoms with E-state index < -0.39 is 0 Å². The molecule has 51 heavy (non-hydrogen) atoms. The summed E-state index contributed by atoms with van der Waals surface area (Å²) >= 11 is 0. The van der Waals surface area contributed by atoms with Gasteiger partial charge >= 0.3 is 0 Å². The minimum Gasteiger partial charge on any atom is -0.491 e. The second-order valence-corrected chi connectivity index (χ2v) is 14.1. The van der Waals surface area contributed by atoms with Crippen LogP contribution in [0, 0.1) is 5.92 Å². The van der Waals surface area contributed by atoms with Gasteiger partial charge in [0.1, 0.15) is 12.4 Å². The summed E-state index contributed by atoms with van der Waals surface area (Å²) in [5.74, 6) is 1.38. The van der Waals surface area contributed by atoms with Crippen LogP contribution in [0.1, 0.15) is 84.1 Å². The molecule has 2 N–H and O–H groups in total. The smallest absolute Gasteiger partial charge is 0.247 e. The molecule has 276 valence electrons. The fourth-order valence-corrected chi connectivity index (χ4v) is 6.93. The van der Waals surface area contributed by atoms with Crippen LogP contribution < -0.4 is 20.3 Å². The molecule has 5 rings (SSSR count). The average molecular weight is 697 g/mol. The Morgan fingerprint density at radius 3 is 2.71 bits per heavy atom. The fraction of sp³-hybridized carbons (Fsp3) is 0.535. The first-order chi connectivity index (χ1) is 25.0. The van der Waals surface area contributed by atoms with Crippen molar-refractivity contribution in [2.45, 2.75) is 90.6 Å². The highest BCUT2D eigenvalue weighted by Crippen LogP contribution is 2.33. The highest BCUT2D eigenvalue weighted by Gasteiger charge is 2.23. The highest BCUT2D eigenvalue weighted by molar-refractivity contribution is 5.99. The van der Waals surface area contributed by atoms with Crippen molar-refractivity contribution < 1.29 is 19.0 Å². The number of amides is 1. The van der Waals surface area contributed by atoms with Gasteiger partial charge in [-0.3, -0.25) is 9.79 Å². The number of nitrogens with zero attached hydrogens (tertiary/aromatic N) is 2. The van der Waals surface area contributed by atoms with E-state index in [1.807, 2.05) is 12.1 Å². The van der Waals surface area contributed by atoms with E-state index >= 15 is 0 Å². The maximum Gasteiger partial charge on any atom is 0.247 e. The van der Waals surface area contributed by atoms with Gasteiger partial charge in [-0.2, -0.15) is 0 Å². The molecule has 2 aromatic rings. The van der Waals surface area contributed by atoms with Crippen molar-refractivity contribution in [1.29, 1.82) is 0 Å². The van der Waals surface area contributed by atoms with Gasteiger partial charge in [-0.15, -0.1) is 0 Å². The predicted octanol–water partition coefficient (Wildman–Crippen LogP) is 8.14. The number of aliphatic imine (C=N–C) groups is 1. The summed E-state index contributed by atoms with van der Waals surface area (Å²) in [6.07, 6.45) is 19.4. The van der Waals surface area contributed by atoms with Crippen LogP contribution in [0.4, 0.5) is 5.69 Å². The van der Waals surface area contributed by atoms with Crippen LogP contribution in [0.25, 0.3) is 17.2 Å². The van der Waals surface area contributed by atoms with Gasteiger partial charge in [0, 0.05) is 44.1 Å².